The molecule has 25 heavy (non-hydrogen) atoms. The molecule has 2 aromatic carbocycles. The van der Waals surface area contributed by atoms with Crippen LogP contribution in [-0.2, 0) is 0 Å². The van der Waals surface area contributed by atoms with Crippen LogP contribution >= 0.6 is 15.9 Å². The van der Waals surface area contributed by atoms with Crippen LogP contribution in [0, 0.1) is 11.3 Å². The summed E-state index contributed by atoms with van der Waals surface area (Å²) in [6, 6.07) is 16.3. The van der Waals surface area contributed by atoms with Gasteiger partial charge < -0.3 is 10.6 Å². The van der Waals surface area contributed by atoms with E-state index in [9.17, 15) is 4.79 Å². The van der Waals surface area contributed by atoms with Gasteiger partial charge in [-0.3, -0.25) is 4.79 Å². The van der Waals surface area contributed by atoms with E-state index in [4.69, 9.17) is 5.26 Å². The van der Waals surface area contributed by atoms with Crippen LogP contribution in [-0.4, -0.2) is 15.9 Å². The predicted octanol–water partition coefficient (Wildman–Crippen LogP) is 4.11. The Hall–Kier alpha value is -3.24. The van der Waals surface area contributed by atoms with Crippen molar-refractivity contribution < 1.29 is 4.79 Å². The molecule has 0 spiro atoms. The molecule has 0 unspecified atom stereocenters. The van der Waals surface area contributed by atoms with E-state index >= 15 is 0 Å². The molecule has 0 radical (unpaired) electrons. The highest BCUT2D eigenvalue weighted by atomic mass is 79.9. The van der Waals surface area contributed by atoms with E-state index in [-0.39, 0.29) is 5.91 Å². The zero-order chi connectivity index (χ0) is 17.6. The third-order valence-corrected chi connectivity index (χ3v) is 3.98. The summed E-state index contributed by atoms with van der Waals surface area (Å²) < 4.78 is 0.887. The first-order chi connectivity index (χ1) is 12.2. The number of hydrogen-bond acceptors (Lipinski definition) is 5. The maximum atomic E-state index is 12.2. The van der Waals surface area contributed by atoms with Gasteiger partial charge in [-0.25, -0.2) is 9.97 Å². The van der Waals surface area contributed by atoms with E-state index in [1.807, 2.05) is 30.3 Å². The van der Waals surface area contributed by atoms with Gasteiger partial charge in [-0.15, -0.1) is 0 Å². The summed E-state index contributed by atoms with van der Waals surface area (Å²) in [5, 5.41) is 14.7. The van der Waals surface area contributed by atoms with Gasteiger partial charge in [0.25, 0.3) is 5.91 Å². The van der Waals surface area contributed by atoms with Gasteiger partial charge in [0.1, 0.15) is 0 Å². The summed E-state index contributed by atoms with van der Waals surface area (Å²) in [6.45, 7) is 0. The van der Waals surface area contributed by atoms with E-state index in [2.05, 4.69) is 36.5 Å². The number of nitriles is 1. The average molecular weight is 394 g/mol. The summed E-state index contributed by atoms with van der Waals surface area (Å²) >= 11 is 3.44. The molecular weight excluding hydrogens is 382 g/mol. The minimum Gasteiger partial charge on any atom is -0.323 e. The fourth-order valence-corrected chi connectivity index (χ4v) is 2.45. The van der Waals surface area contributed by atoms with Crippen molar-refractivity contribution in [1.29, 1.82) is 5.26 Å². The topological polar surface area (TPSA) is 90.7 Å². The minimum absolute atomic E-state index is 0.319. The molecule has 1 amide bonds. The molecule has 1 heterocycles. The van der Waals surface area contributed by atoms with E-state index < -0.39 is 0 Å². The first-order valence-corrected chi connectivity index (χ1v) is 8.10. The lowest BCUT2D eigenvalue weighted by molar-refractivity contribution is 0.102. The molecule has 1 aromatic heterocycles. The second-order valence-corrected chi connectivity index (χ2v) is 5.90. The Labute approximate surface area is 152 Å². The average Bonchev–Trinajstić information content (AvgIpc) is 2.64. The predicted molar refractivity (Wildman–Crippen MR) is 98.6 cm³/mol. The zero-order valence-corrected chi connectivity index (χ0v) is 14.5. The first-order valence-electron chi connectivity index (χ1n) is 7.31. The fourth-order valence-electron chi connectivity index (χ4n) is 2.06. The quantitative estimate of drug-likeness (QED) is 0.695. The van der Waals surface area contributed by atoms with Crippen molar-refractivity contribution in [1.82, 2.24) is 9.97 Å². The number of rotatable bonds is 4. The molecule has 0 aliphatic rings. The Morgan fingerprint density at radius 3 is 2.56 bits per heavy atom. The summed E-state index contributed by atoms with van der Waals surface area (Å²) in [5.41, 5.74) is 2.16. The van der Waals surface area contributed by atoms with Gasteiger partial charge in [0.05, 0.1) is 22.9 Å². The van der Waals surface area contributed by atoms with E-state index in [1.54, 1.807) is 24.3 Å². The maximum absolute atomic E-state index is 12.2. The van der Waals surface area contributed by atoms with Crippen LogP contribution in [0.3, 0.4) is 0 Å². The second-order valence-electron chi connectivity index (χ2n) is 5.05. The normalized spacial score (nSPS) is 9.92. The second kappa shape index (κ2) is 7.55. The van der Waals surface area contributed by atoms with Crippen LogP contribution in [0.1, 0.15) is 15.9 Å². The van der Waals surface area contributed by atoms with Gasteiger partial charge in [-0.1, -0.05) is 18.2 Å². The van der Waals surface area contributed by atoms with Crippen LogP contribution < -0.4 is 10.6 Å². The van der Waals surface area contributed by atoms with E-state index in [0.29, 0.717) is 22.8 Å². The molecule has 3 rings (SSSR count). The van der Waals surface area contributed by atoms with Crippen LogP contribution in [0.5, 0.6) is 0 Å². The van der Waals surface area contributed by atoms with E-state index in [0.717, 1.165) is 10.2 Å². The number of carbonyl (C=O) groups is 1. The number of amides is 1. The van der Waals surface area contributed by atoms with Crippen LogP contribution in [0.2, 0.25) is 0 Å². The largest absolute Gasteiger partial charge is 0.323 e. The number of hydrogen-bond donors (Lipinski definition) is 2. The third-order valence-electron chi connectivity index (χ3n) is 3.28. The van der Waals surface area contributed by atoms with Gasteiger partial charge >= 0.3 is 0 Å². The smallest absolute Gasteiger partial charge is 0.258 e. The number of para-hydroxylation sites is 1. The molecule has 7 heteroatoms. The molecule has 0 fully saturated rings. The van der Waals surface area contributed by atoms with Gasteiger partial charge in [-0.05, 0) is 46.3 Å². The third kappa shape index (κ3) is 4.19. The fraction of sp³-hybridized carbons (Fsp3) is 0. The van der Waals surface area contributed by atoms with Crippen molar-refractivity contribution in [2.75, 3.05) is 10.6 Å². The van der Waals surface area contributed by atoms with Crippen molar-refractivity contribution in [3.8, 4) is 6.07 Å². The van der Waals surface area contributed by atoms with Gasteiger partial charge in [0.15, 0.2) is 0 Å². The molecule has 0 aliphatic heterocycles. The maximum Gasteiger partial charge on any atom is 0.258 e. The molecule has 0 atom stereocenters. The van der Waals surface area contributed by atoms with Crippen LogP contribution in [0.15, 0.2) is 65.4 Å². The van der Waals surface area contributed by atoms with Crippen molar-refractivity contribution in [2.45, 2.75) is 0 Å². The standard InChI is InChI=1S/C18H12BrN5O/c19-15-6-1-2-7-16(15)24-18-21-10-13(11-22-18)17(25)23-14-5-3-4-12(8-14)9-20/h1-8,10-11H,(H,23,25)(H,21,22,24). The molecule has 0 saturated heterocycles. The summed E-state index contributed by atoms with van der Waals surface area (Å²) in [5.74, 6) is 0.0393. The molecule has 0 bridgehead atoms. The highest BCUT2D eigenvalue weighted by Gasteiger charge is 2.09. The lowest BCUT2D eigenvalue weighted by Gasteiger charge is -2.08. The number of halogens is 1. The summed E-state index contributed by atoms with van der Waals surface area (Å²) in [7, 11) is 0. The Kier molecular flexibility index (Phi) is 5.02. The number of benzene rings is 2. The van der Waals surface area contributed by atoms with Crippen LogP contribution in [0.25, 0.3) is 0 Å². The van der Waals surface area contributed by atoms with Crippen molar-refractivity contribution in [3.63, 3.8) is 0 Å². The first kappa shape index (κ1) is 16.6. The SMILES string of the molecule is N#Cc1cccc(NC(=O)c2cnc(Nc3ccccc3Br)nc2)c1. The molecule has 2 N–H and O–H groups in total. The number of anilines is 3. The molecular formula is C18H12BrN5O. The van der Waals surface area contributed by atoms with Crippen molar-refractivity contribution >= 4 is 39.2 Å². The number of nitrogens with one attached hydrogen (secondary N) is 2. The molecule has 122 valence electrons. The number of aromatic nitrogens is 2. The van der Waals surface area contributed by atoms with E-state index in [1.165, 1.54) is 12.4 Å². The van der Waals surface area contributed by atoms with Crippen molar-refractivity contribution in [2.24, 2.45) is 0 Å². The van der Waals surface area contributed by atoms with Gasteiger partial charge in [0, 0.05) is 22.6 Å². The summed E-state index contributed by atoms with van der Waals surface area (Å²) in [6.07, 6.45) is 2.88. The highest BCUT2D eigenvalue weighted by molar-refractivity contribution is 9.10. The zero-order valence-electron chi connectivity index (χ0n) is 12.9. The molecule has 6 nitrogen and oxygen atoms in total. The highest BCUT2D eigenvalue weighted by Crippen LogP contribution is 2.23. The molecule has 0 aliphatic carbocycles. The Morgan fingerprint density at radius 1 is 1.08 bits per heavy atom. The lowest BCUT2D eigenvalue weighted by atomic mass is 10.2. The molecule has 0 saturated carbocycles. The number of nitrogens with zero attached hydrogens (tertiary/aromatic N) is 3. The lowest BCUT2D eigenvalue weighted by Crippen LogP contribution is -2.13. The number of carbonyl (C=O) groups excluding carboxylic acids is 1. The Morgan fingerprint density at radius 2 is 1.84 bits per heavy atom. The Balaban J connectivity index is 1.70. The van der Waals surface area contributed by atoms with Crippen LogP contribution in [0.4, 0.5) is 17.3 Å². The van der Waals surface area contributed by atoms with Gasteiger partial charge in [-0.2, -0.15) is 5.26 Å². The monoisotopic (exact) mass is 393 g/mol. The molecule has 3 aromatic rings. The Bertz CT molecular complexity index is 950. The summed E-state index contributed by atoms with van der Waals surface area (Å²) in [4.78, 5) is 20.5. The minimum atomic E-state index is -0.345. The van der Waals surface area contributed by atoms with Gasteiger partial charge in [0.2, 0.25) is 5.95 Å². The van der Waals surface area contributed by atoms with Crippen molar-refractivity contribution in [3.05, 3.63) is 76.5 Å².